The quantitative estimate of drug-likeness (QED) is 0.442. The number of nitrogens with zero attached hydrogens (tertiary/aromatic N) is 3. The lowest BCUT2D eigenvalue weighted by molar-refractivity contribution is -0.135. The molecular formula is C21H19BrClFN4O3S. The van der Waals surface area contributed by atoms with Crippen LogP contribution in [-0.2, 0) is 14.8 Å². The predicted octanol–water partition coefficient (Wildman–Crippen LogP) is 3.85. The average molecular weight is 542 g/mol. The lowest BCUT2D eigenvalue weighted by Gasteiger charge is -2.34. The van der Waals surface area contributed by atoms with Crippen molar-refractivity contribution in [1.82, 2.24) is 14.6 Å². The van der Waals surface area contributed by atoms with Crippen LogP contribution in [0.2, 0.25) is 5.02 Å². The first-order valence-electron chi connectivity index (χ1n) is 9.61. The van der Waals surface area contributed by atoms with Gasteiger partial charge in [-0.3, -0.25) is 4.79 Å². The summed E-state index contributed by atoms with van der Waals surface area (Å²) in [5.74, 6) is -0.820. The van der Waals surface area contributed by atoms with Gasteiger partial charge in [0.25, 0.3) is 5.91 Å². The van der Waals surface area contributed by atoms with Crippen LogP contribution in [-0.4, -0.2) is 48.9 Å². The summed E-state index contributed by atoms with van der Waals surface area (Å²) in [6.45, 7) is -0.317. The Kier molecular flexibility index (Phi) is 7.67. The van der Waals surface area contributed by atoms with E-state index in [0.29, 0.717) is 20.8 Å². The number of nitrogens with one attached hydrogen (secondary N) is 1. The van der Waals surface area contributed by atoms with E-state index in [0.717, 1.165) is 4.31 Å². The van der Waals surface area contributed by atoms with E-state index in [2.05, 4.69) is 26.2 Å². The molecule has 0 aliphatic carbocycles. The maximum atomic E-state index is 15.1. The van der Waals surface area contributed by atoms with Gasteiger partial charge in [-0.25, -0.2) is 17.8 Å². The van der Waals surface area contributed by atoms with Gasteiger partial charge in [0.2, 0.25) is 10.0 Å². The first-order chi connectivity index (χ1) is 15.2. The number of allylic oxidation sites excluding steroid dienone is 1. The van der Waals surface area contributed by atoms with Crippen LogP contribution in [0.1, 0.15) is 12.8 Å². The zero-order chi connectivity index (χ0) is 23.4. The molecule has 1 aromatic heterocycles. The number of piperidine rings is 1. The number of hydrogen-bond donors (Lipinski definition) is 1. The van der Waals surface area contributed by atoms with Crippen molar-refractivity contribution in [2.45, 2.75) is 23.4 Å². The number of nitriles is 1. The fourth-order valence-corrected chi connectivity index (χ4v) is 5.52. The van der Waals surface area contributed by atoms with Gasteiger partial charge in [0.15, 0.2) is 5.67 Å². The molecule has 0 unspecified atom stereocenters. The molecule has 1 N–H and O–H groups in total. The Morgan fingerprint density at radius 2 is 2.03 bits per heavy atom. The van der Waals surface area contributed by atoms with Gasteiger partial charge < -0.3 is 5.32 Å². The molecule has 1 amide bonds. The molecule has 1 aromatic carbocycles. The van der Waals surface area contributed by atoms with Crippen molar-refractivity contribution in [1.29, 1.82) is 5.26 Å². The topological polar surface area (TPSA) is 103 Å². The summed E-state index contributed by atoms with van der Waals surface area (Å²) < 4.78 is 43.5. The molecule has 1 saturated heterocycles. The summed E-state index contributed by atoms with van der Waals surface area (Å²) in [6.07, 6.45) is 3.25. The molecule has 7 nitrogen and oxygen atoms in total. The Bertz CT molecular complexity index is 1190. The van der Waals surface area contributed by atoms with Crippen LogP contribution in [0.3, 0.4) is 0 Å². The maximum Gasteiger partial charge on any atom is 0.258 e. The van der Waals surface area contributed by atoms with Crippen LogP contribution in [0, 0.1) is 11.3 Å². The third kappa shape index (κ3) is 5.18. The molecule has 0 spiro atoms. The molecular weight excluding hydrogens is 523 g/mol. The first-order valence-corrected chi connectivity index (χ1v) is 12.2. The molecule has 1 aliphatic heterocycles. The van der Waals surface area contributed by atoms with Crippen LogP contribution < -0.4 is 5.32 Å². The van der Waals surface area contributed by atoms with Crippen molar-refractivity contribution in [2.75, 3.05) is 19.6 Å². The van der Waals surface area contributed by atoms with E-state index in [-0.39, 0.29) is 37.4 Å². The number of carbonyl (C=O) groups excluding carboxylic acids is 1. The van der Waals surface area contributed by atoms with E-state index in [1.54, 1.807) is 36.4 Å². The number of halogens is 3. The van der Waals surface area contributed by atoms with Crippen molar-refractivity contribution in [3.05, 3.63) is 58.3 Å². The van der Waals surface area contributed by atoms with Gasteiger partial charge in [0.05, 0.1) is 6.07 Å². The molecule has 0 bridgehead atoms. The van der Waals surface area contributed by atoms with Gasteiger partial charge in [-0.15, -0.1) is 0 Å². The molecule has 11 heteroatoms. The SMILES string of the molecule is N#C/C=C/CNC(=O)C1(F)CCN(S(=O)(=O)c2cnc(Br)cc2-c2ccccc2Cl)CC1. The van der Waals surface area contributed by atoms with Crippen LogP contribution in [0.4, 0.5) is 4.39 Å². The highest BCUT2D eigenvalue weighted by Crippen LogP contribution is 2.37. The van der Waals surface area contributed by atoms with Crippen molar-refractivity contribution in [2.24, 2.45) is 0 Å². The fraction of sp³-hybridized carbons (Fsp3) is 0.286. The standard InChI is InChI=1S/C21H19BrClFN4O3S/c22-19-13-16(15-5-1-2-6-17(15)23)18(14-27-19)32(30,31)28-11-7-21(24,8-12-28)20(29)26-10-4-3-9-25/h1-6,13-14H,7-8,10-12H2,(H,26,29)/b4-3+. The lowest BCUT2D eigenvalue weighted by Crippen LogP contribution is -2.52. The number of rotatable bonds is 6. The lowest BCUT2D eigenvalue weighted by atomic mass is 9.93. The molecule has 1 fully saturated rings. The number of alkyl halides is 1. The van der Waals surface area contributed by atoms with Crippen molar-refractivity contribution < 1.29 is 17.6 Å². The molecule has 0 radical (unpaired) electrons. The van der Waals surface area contributed by atoms with Gasteiger partial charge in [-0.1, -0.05) is 35.9 Å². The van der Waals surface area contributed by atoms with E-state index < -0.39 is 21.6 Å². The number of hydrogen-bond acceptors (Lipinski definition) is 5. The second kappa shape index (κ2) is 10.1. The van der Waals surface area contributed by atoms with Gasteiger partial charge in [-0.2, -0.15) is 9.57 Å². The third-order valence-corrected chi connectivity index (χ3v) is 7.80. The fourth-order valence-electron chi connectivity index (χ4n) is 3.38. The van der Waals surface area contributed by atoms with E-state index in [1.807, 2.05) is 0 Å². The molecule has 32 heavy (non-hydrogen) atoms. The summed E-state index contributed by atoms with van der Waals surface area (Å²) in [7, 11) is -4.03. The van der Waals surface area contributed by atoms with Gasteiger partial charge in [0.1, 0.15) is 9.50 Å². The van der Waals surface area contributed by atoms with Crippen LogP contribution in [0.15, 0.2) is 58.2 Å². The molecule has 3 rings (SSSR count). The number of aromatic nitrogens is 1. The van der Waals surface area contributed by atoms with Crippen LogP contribution in [0.25, 0.3) is 11.1 Å². The number of sulfonamides is 1. The van der Waals surface area contributed by atoms with Crippen LogP contribution >= 0.6 is 27.5 Å². The smallest absolute Gasteiger partial charge is 0.258 e. The summed E-state index contributed by atoms with van der Waals surface area (Å²) in [5.41, 5.74) is -1.29. The van der Waals surface area contributed by atoms with Gasteiger partial charge in [0, 0.05) is 60.9 Å². The van der Waals surface area contributed by atoms with Crippen molar-refractivity contribution in [3.63, 3.8) is 0 Å². The van der Waals surface area contributed by atoms with Crippen molar-refractivity contribution in [3.8, 4) is 17.2 Å². The average Bonchev–Trinajstić information content (AvgIpc) is 2.77. The minimum Gasteiger partial charge on any atom is -0.350 e. The highest BCUT2D eigenvalue weighted by atomic mass is 79.9. The number of pyridine rings is 1. The van der Waals surface area contributed by atoms with Gasteiger partial charge >= 0.3 is 0 Å². The molecule has 2 heterocycles. The minimum atomic E-state index is -4.03. The minimum absolute atomic E-state index is 0.0197. The third-order valence-electron chi connectivity index (χ3n) is 5.11. The Labute approximate surface area is 199 Å². The molecule has 2 aromatic rings. The zero-order valence-electron chi connectivity index (χ0n) is 16.8. The van der Waals surface area contributed by atoms with E-state index in [4.69, 9.17) is 16.9 Å². The summed E-state index contributed by atoms with van der Waals surface area (Å²) in [4.78, 5) is 16.2. The second-order valence-electron chi connectivity index (χ2n) is 7.09. The van der Waals surface area contributed by atoms with E-state index >= 15 is 4.39 Å². The molecule has 1 aliphatic rings. The normalized spacial score (nSPS) is 16.6. The summed E-state index contributed by atoms with van der Waals surface area (Å²) >= 11 is 9.55. The van der Waals surface area contributed by atoms with Crippen molar-refractivity contribution >= 4 is 43.5 Å². The molecule has 168 valence electrons. The maximum absolute atomic E-state index is 15.1. The predicted molar refractivity (Wildman–Crippen MR) is 122 cm³/mol. The Balaban J connectivity index is 1.83. The van der Waals surface area contributed by atoms with Gasteiger partial charge in [-0.05, 0) is 28.1 Å². The molecule has 0 atom stereocenters. The number of amides is 1. The Morgan fingerprint density at radius 1 is 1.34 bits per heavy atom. The first kappa shape index (κ1) is 24.3. The van der Waals surface area contributed by atoms with E-state index in [1.165, 1.54) is 18.3 Å². The van der Waals surface area contributed by atoms with Crippen LogP contribution in [0.5, 0.6) is 0 Å². The number of benzene rings is 1. The monoisotopic (exact) mass is 540 g/mol. The summed E-state index contributed by atoms with van der Waals surface area (Å²) in [6, 6.07) is 10.2. The number of carbonyl (C=O) groups is 1. The molecule has 0 saturated carbocycles. The zero-order valence-corrected chi connectivity index (χ0v) is 19.9. The largest absolute Gasteiger partial charge is 0.350 e. The highest BCUT2D eigenvalue weighted by molar-refractivity contribution is 9.10. The highest BCUT2D eigenvalue weighted by Gasteiger charge is 2.44. The Morgan fingerprint density at radius 3 is 2.69 bits per heavy atom. The van der Waals surface area contributed by atoms with E-state index in [9.17, 15) is 13.2 Å². The second-order valence-corrected chi connectivity index (χ2v) is 10.2. The Hall–Kier alpha value is -2.32. The summed E-state index contributed by atoms with van der Waals surface area (Å²) in [5, 5.41) is 11.2.